The van der Waals surface area contributed by atoms with Crippen LogP contribution >= 0.6 is 11.3 Å². The molecule has 0 aliphatic rings. The van der Waals surface area contributed by atoms with Crippen LogP contribution in [0.1, 0.15) is 52.0 Å². The van der Waals surface area contributed by atoms with Gasteiger partial charge in [-0.25, -0.2) is 4.98 Å². The molecule has 2 N–H and O–H groups in total. The van der Waals surface area contributed by atoms with E-state index in [1.807, 2.05) is 32.9 Å². The number of pyridine rings is 1. The van der Waals surface area contributed by atoms with Gasteiger partial charge in [-0.1, -0.05) is 39.7 Å². The highest BCUT2D eigenvalue weighted by Gasteiger charge is 2.27. The van der Waals surface area contributed by atoms with Crippen molar-refractivity contribution in [3.8, 4) is 0 Å². The van der Waals surface area contributed by atoms with E-state index in [2.05, 4.69) is 37.5 Å². The van der Waals surface area contributed by atoms with E-state index in [4.69, 9.17) is 0 Å². The van der Waals surface area contributed by atoms with Crippen LogP contribution in [0.4, 0.5) is 13.2 Å². The number of amidine groups is 1. The number of unbranched alkanes of at least 4 members (excludes halogenated alkanes) is 2. The van der Waals surface area contributed by atoms with Gasteiger partial charge in [-0.05, 0) is 19.4 Å². The summed E-state index contributed by atoms with van der Waals surface area (Å²) in [6, 6.07) is 1.87. The molecule has 0 spiro atoms. The molecule has 6 nitrogen and oxygen atoms in total. The third kappa shape index (κ3) is 9.04. The average Bonchev–Trinajstić information content (AvgIpc) is 3.18. The zero-order chi connectivity index (χ0) is 23.3. The fraction of sp³-hybridized carbons (Fsp3) is 0.524. The van der Waals surface area contributed by atoms with Gasteiger partial charge in [-0.2, -0.15) is 13.2 Å². The summed E-state index contributed by atoms with van der Waals surface area (Å²) < 4.78 is 38.7. The summed E-state index contributed by atoms with van der Waals surface area (Å²) in [5.74, 6) is 0.435. The molecule has 10 heteroatoms. The van der Waals surface area contributed by atoms with E-state index in [1.54, 1.807) is 12.4 Å². The lowest BCUT2D eigenvalue weighted by Gasteiger charge is -2.16. The van der Waals surface area contributed by atoms with Crippen LogP contribution < -0.4 is 10.6 Å². The molecule has 0 unspecified atom stereocenters. The van der Waals surface area contributed by atoms with E-state index in [-0.39, 0.29) is 5.96 Å². The Morgan fingerprint density at radius 1 is 1.26 bits per heavy atom. The van der Waals surface area contributed by atoms with Crippen molar-refractivity contribution in [2.24, 2.45) is 9.98 Å². The summed E-state index contributed by atoms with van der Waals surface area (Å²) in [5, 5.41) is 5.91. The van der Waals surface area contributed by atoms with Crippen molar-refractivity contribution in [3.05, 3.63) is 29.5 Å². The zero-order valence-corrected chi connectivity index (χ0v) is 19.5. The number of alkyl halides is 3. The number of aliphatic imine (C=N–C) groups is 2. The Hall–Kier alpha value is -2.49. The van der Waals surface area contributed by atoms with Gasteiger partial charge in [0, 0.05) is 25.4 Å². The highest BCUT2D eigenvalue weighted by molar-refractivity contribution is 7.19. The Labute approximate surface area is 185 Å². The Kier molecular flexibility index (Phi) is 11.8. The second-order valence-electron chi connectivity index (χ2n) is 6.17. The normalized spacial score (nSPS) is 13.1. The quantitative estimate of drug-likeness (QED) is 0.331. The predicted molar refractivity (Wildman–Crippen MR) is 125 cm³/mol. The molecule has 172 valence electrons. The molecule has 0 aromatic carbocycles. The number of rotatable bonds is 7. The first-order valence-corrected chi connectivity index (χ1v) is 11.2. The minimum absolute atomic E-state index is 0.00121. The van der Waals surface area contributed by atoms with Gasteiger partial charge >= 0.3 is 6.18 Å². The first-order chi connectivity index (χ1) is 14.9. The van der Waals surface area contributed by atoms with Crippen molar-refractivity contribution < 1.29 is 13.2 Å². The third-order valence-corrected chi connectivity index (χ3v) is 4.98. The van der Waals surface area contributed by atoms with Crippen molar-refractivity contribution in [1.82, 2.24) is 20.6 Å². The number of aromatic nitrogens is 2. The average molecular weight is 457 g/mol. The van der Waals surface area contributed by atoms with Crippen molar-refractivity contribution >= 4 is 38.9 Å². The maximum atomic E-state index is 12.6. The molecule has 0 saturated heterocycles. The van der Waals surface area contributed by atoms with Gasteiger partial charge < -0.3 is 10.6 Å². The van der Waals surface area contributed by atoms with Gasteiger partial charge in [-0.3, -0.25) is 15.0 Å². The minimum Gasteiger partial charge on any atom is -0.347 e. The lowest BCUT2D eigenvalue weighted by Crippen LogP contribution is -2.45. The summed E-state index contributed by atoms with van der Waals surface area (Å²) in [6.07, 6.45) is 3.83. The van der Waals surface area contributed by atoms with Crippen molar-refractivity contribution in [3.63, 3.8) is 0 Å². The smallest absolute Gasteiger partial charge is 0.347 e. The summed E-state index contributed by atoms with van der Waals surface area (Å²) in [4.78, 5) is 17.2. The second kappa shape index (κ2) is 13.7. The van der Waals surface area contributed by atoms with Crippen molar-refractivity contribution in [2.45, 2.75) is 53.1 Å². The Morgan fingerprint density at radius 2 is 2.00 bits per heavy atom. The van der Waals surface area contributed by atoms with Crippen LogP contribution in [0.15, 0.2) is 34.5 Å². The molecule has 2 rings (SSSR count). The van der Waals surface area contributed by atoms with E-state index >= 15 is 0 Å². The number of allylic oxidation sites excluding steroid dienone is 1. The molecule has 31 heavy (non-hydrogen) atoms. The SMILES string of the molecule is C/C=C(/C(=NCCCCC)NC(=NC)NCC(F)(F)F)c1nc2cnccc2s1.CC. The van der Waals surface area contributed by atoms with Crippen LogP contribution in [0.3, 0.4) is 0 Å². The molecular formula is C21H31F3N6S. The lowest BCUT2D eigenvalue weighted by molar-refractivity contribution is -0.122. The van der Waals surface area contributed by atoms with Crippen molar-refractivity contribution in [1.29, 1.82) is 0 Å². The van der Waals surface area contributed by atoms with Gasteiger partial charge in [0.1, 0.15) is 22.9 Å². The fourth-order valence-corrected chi connectivity index (χ4v) is 3.49. The molecule has 0 aliphatic carbocycles. The topological polar surface area (TPSA) is 74.6 Å². The molecular weight excluding hydrogens is 425 g/mol. The number of halogens is 3. The Balaban J connectivity index is 0.00000233. The number of fused-ring (bicyclic) bond motifs is 1. The number of nitrogens with one attached hydrogen (secondary N) is 2. The van der Waals surface area contributed by atoms with Crippen LogP contribution in [0, 0.1) is 0 Å². The molecule has 0 radical (unpaired) electrons. The van der Waals surface area contributed by atoms with Gasteiger partial charge in [0.25, 0.3) is 0 Å². The van der Waals surface area contributed by atoms with E-state index in [9.17, 15) is 13.2 Å². The molecule has 0 bridgehead atoms. The summed E-state index contributed by atoms with van der Waals surface area (Å²) in [7, 11) is 1.42. The van der Waals surface area contributed by atoms with Crippen LogP contribution in [0.5, 0.6) is 0 Å². The van der Waals surface area contributed by atoms with Gasteiger partial charge in [0.05, 0.1) is 10.9 Å². The molecule has 0 fully saturated rings. The molecule has 2 aromatic heterocycles. The number of guanidine groups is 1. The van der Waals surface area contributed by atoms with E-state index in [0.717, 1.165) is 29.5 Å². The highest BCUT2D eigenvalue weighted by atomic mass is 32.1. The molecule has 0 aliphatic heterocycles. The number of thiazole rings is 1. The summed E-state index contributed by atoms with van der Waals surface area (Å²) in [6.45, 7) is 7.30. The Bertz CT molecular complexity index is 854. The molecule has 2 heterocycles. The minimum atomic E-state index is -4.35. The number of nitrogens with zero attached hydrogens (tertiary/aromatic N) is 4. The number of hydrogen-bond donors (Lipinski definition) is 2. The largest absolute Gasteiger partial charge is 0.405 e. The maximum Gasteiger partial charge on any atom is 0.405 e. The van der Waals surface area contributed by atoms with Gasteiger partial charge in [-0.15, -0.1) is 11.3 Å². The zero-order valence-electron chi connectivity index (χ0n) is 18.7. The van der Waals surface area contributed by atoms with Gasteiger partial charge in [0.2, 0.25) is 0 Å². The summed E-state index contributed by atoms with van der Waals surface area (Å²) >= 11 is 1.47. The highest BCUT2D eigenvalue weighted by Crippen LogP contribution is 2.27. The molecule has 0 atom stereocenters. The molecule has 2 aromatic rings. The first kappa shape index (κ1) is 26.5. The summed E-state index contributed by atoms with van der Waals surface area (Å²) in [5.41, 5.74) is 1.47. The van der Waals surface area contributed by atoms with Crippen LogP contribution in [0.2, 0.25) is 0 Å². The molecule has 0 saturated carbocycles. The van der Waals surface area contributed by atoms with E-state index in [0.29, 0.717) is 23.0 Å². The fourth-order valence-electron chi connectivity index (χ4n) is 2.48. The third-order valence-electron chi connectivity index (χ3n) is 3.91. The van der Waals surface area contributed by atoms with Crippen LogP contribution in [-0.4, -0.2) is 48.1 Å². The second-order valence-corrected chi connectivity index (χ2v) is 7.20. The van der Waals surface area contributed by atoms with E-state index < -0.39 is 12.7 Å². The van der Waals surface area contributed by atoms with E-state index in [1.165, 1.54) is 18.4 Å². The van der Waals surface area contributed by atoms with Gasteiger partial charge in [0.15, 0.2) is 5.96 Å². The predicted octanol–water partition coefficient (Wildman–Crippen LogP) is 5.44. The van der Waals surface area contributed by atoms with Crippen LogP contribution in [0.25, 0.3) is 15.8 Å². The van der Waals surface area contributed by atoms with Crippen LogP contribution in [-0.2, 0) is 0 Å². The Morgan fingerprint density at radius 3 is 2.58 bits per heavy atom. The maximum absolute atomic E-state index is 12.6. The number of hydrogen-bond acceptors (Lipinski definition) is 5. The first-order valence-electron chi connectivity index (χ1n) is 10.3. The monoisotopic (exact) mass is 456 g/mol. The van der Waals surface area contributed by atoms with Crippen molar-refractivity contribution in [2.75, 3.05) is 20.1 Å². The lowest BCUT2D eigenvalue weighted by atomic mass is 10.2. The standard InChI is InChI=1S/C19H25F3N6S.C2H6/c1-4-6-7-9-25-16(28-18(23-3)26-12-19(20,21)22)13(5-2)17-27-14-11-24-10-8-15(14)29-17;1-2/h5,8,10-11H,4,6-7,9,12H2,1-3H3,(H2,23,25,26,28);1-2H3/b13-5-;. The molecule has 0 amide bonds.